The van der Waals surface area contributed by atoms with Gasteiger partial charge in [-0.2, -0.15) is 5.26 Å². The van der Waals surface area contributed by atoms with Crippen molar-refractivity contribution in [2.45, 2.75) is 17.9 Å². The van der Waals surface area contributed by atoms with Crippen LogP contribution in [-0.4, -0.2) is 42.0 Å². The molecule has 0 radical (unpaired) electrons. The van der Waals surface area contributed by atoms with Crippen LogP contribution in [0.4, 0.5) is 0 Å². The molecule has 0 bridgehead atoms. The van der Waals surface area contributed by atoms with E-state index in [9.17, 15) is 18.5 Å². The largest absolute Gasteiger partial charge is 0.480 e. The zero-order chi connectivity index (χ0) is 22.6. The normalized spacial score (nSPS) is 11.4. The molecule has 31 heavy (non-hydrogen) atoms. The summed E-state index contributed by atoms with van der Waals surface area (Å²) in [5.41, 5.74) is 2.08. The summed E-state index contributed by atoms with van der Waals surface area (Å²) >= 11 is 6.20. The van der Waals surface area contributed by atoms with Crippen LogP contribution in [0, 0.1) is 11.3 Å². The standard InChI is InChI=1S/C22H20ClN3O4S/c1-25(8-7-16-5-3-2-4-6-16)31(29,30)20-10-17(9-19(23)11-20)21-14-26(15-22(27)28)13-18(21)12-24/h2-6,9-11,13-14H,7-8,15H2,1H3,(H,27,28). The van der Waals surface area contributed by atoms with Gasteiger partial charge in [-0.3, -0.25) is 4.79 Å². The molecule has 2 aromatic carbocycles. The quantitative estimate of drug-likeness (QED) is 0.556. The summed E-state index contributed by atoms with van der Waals surface area (Å²) in [5, 5.41) is 18.6. The number of nitriles is 1. The predicted octanol–water partition coefficient (Wildman–Crippen LogP) is 3.63. The molecule has 1 aromatic heterocycles. The van der Waals surface area contributed by atoms with Crippen LogP contribution >= 0.6 is 11.6 Å². The second-order valence-electron chi connectivity index (χ2n) is 7.00. The number of carboxylic acids is 1. The molecule has 160 valence electrons. The van der Waals surface area contributed by atoms with Gasteiger partial charge in [-0.15, -0.1) is 0 Å². The number of sulfonamides is 1. The van der Waals surface area contributed by atoms with Crippen molar-refractivity contribution in [2.24, 2.45) is 0 Å². The van der Waals surface area contributed by atoms with Crippen molar-refractivity contribution in [3.05, 3.63) is 77.1 Å². The number of hydrogen-bond donors (Lipinski definition) is 1. The molecule has 0 saturated carbocycles. The topological polar surface area (TPSA) is 103 Å². The zero-order valence-corrected chi connectivity index (χ0v) is 18.3. The molecular formula is C22H20ClN3O4S. The van der Waals surface area contributed by atoms with Gasteiger partial charge in [0.2, 0.25) is 10.0 Å². The average Bonchev–Trinajstić information content (AvgIpc) is 3.14. The molecule has 1 heterocycles. The molecule has 0 saturated heterocycles. The first kappa shape index (κ1) is 22.6. The smallest absolute Gasteiger partial charge is 0.323 e. The molecule has 0 aliphatic heterocycles. The van der Waals surface area contributed by atoms with E-state index in [4.69, 9.17) is 16.7 Å². The summed E-state index contributed by atoms with van der Waals surface area (Å²) in [7, 11) is -2.33. The maximum atomic E-state index is 13.1. The maximum Gasteiger partial charge on any atom is 0.323 e. The third-order valence-corrected chi connectivity index (χ3v) is 6.82. The SMILES string of the molecule is CN(CCc1ccccc1)S(=O)(=O)c1cc(Cl)cc(-c2cn(CC(=O)O)cc2C#N)c1. The van der Waals surface area contributed by atoms with Crippen molar-refractivity contribution in [1.29, 1.82) is 5.26 Å². The van der Waals surface area contributed by atoms with Crippen LogP contribution in [-0.2, 0) is 27.8 Å². The van der Waals surface area contributed by atoms with Crippen molar-refractivity contribution in [3.63, 3.8) is 0 Å². The van der Waals surface area contributed by atoms with Crippen molar-refractivity contribution in [3.8, 4) is 17.2 Å². The Bertz CT molecular complexity index is 1250. The molecule has 7 nitrogen and oxygen atoms in total. The van der Waals surface area contributed by atoms with Gasteiger partial charge in [0.15, 0.2) is 0 Å². The first-order valence-electron chi connectivity index (χ1n) is 9.33. The van der Waals surface area contributed by atoms with Crippen molar-refractivity contribution >= 4 is 27.6 Å². The van der Waals surface area contributed by atoms with Crippen molar-refractivity contribution in [2.75, 3.05) is 13.6 Å². The average molecular weight is 458 g/mol. The van der Waals surface area contributed by atoms with Crippen LogP contribution in [0.5, 0.6) is 0 Å². The van der Waals surface area contributed by atoms with Crippen molar-refractivity contribution < 1.29 is 18.3 Å². The highest BCUT2D eigenvalue weighted by Crippen LogP contribution is 2.31. The Morgan fingerprint density at radius 1 is 1.19 bits per heavy atom. The van der Waals surface area contributed by atoms with Crippen LogP contribution in [0.1, 0.15) is 11.1 Å². The summed E-state index contributed by atoms with van der Waals surface area (Å²) < 4.78 is 28.8. The highest BCUT2D eigenvalue weighted by molar-refractivity contribution is 7.89. The number of aromatic nitrogens is 1. The second kappa shape index (κ2) is 9.35. The van der Waals surface area contributed by atoms with E-state index >= 15 is 0 Å². The minimum atomic E-state index is -3.83. The molecular weight excluding hydrogens is 438 g/mol. The molecule has 0 spiro atoms. The Morgan fingerprint density at radius 2 is 1.90 bits per heavy atom. The second-order valence-corrected chi connectivity index (χ2v) is 9.48. The predicted molar refractivity (Wildman–Crippen MR) is 117 cm³/mol. The number of nitrogens with zero attached hydrogens (tertiary/aromatic N) is 3. The maximum absolute atomic E-state index is 13.1. The summed E-state index contributed by atoms with van der Waals surface area (Å²) in [6.07, 6.45) is 3.46. The number of rotatable bonds is 8. The van der Waals surface area contributed by atoms with Gasteiger partial charge >= 0.3 is 5.97 Å². The molecule has 0 aliphatic rings. The van der Waals surface area contributed by atoms with E-state index in [-0.39, 0.29) is 28.6 Å². The molecule has 1 N–H and O–H groups in total. The lowest BCUT2D eigenvalue weighted by Crippen LogP contribution is -2.29. The highest BCUT2D eigenvalue weighted by atomic mass is 35.5. The van der Waals surface area contributed by atoms with Gasteiger partial charge in [-0.1, -0.05) is 41.9 Å². The van der Waals surface area contributed by atoms with Gasteiger partial charge in [-0.05, 0) is 35.7 Å². The Hall–Kier alpha value is -3.12. The lowest BCUT2D eigenvalue weighted by atomic mass is 10.1. The van der Waals surface area contributed by atoms with Crippen LogP contribution in [0.25, 0.3) is 11.1 Å². The van der Waals surface area contributed by atoms with E-state index in [0.29, 0.717) is 17.5 Å². The molecule has 0 unspecified atom stereocenters. The number of carboxylic acid groups (broad SMARTS) is 1. The Morgan fingerprint density at radius 3 is 2.55 bits per heavy atom. The van der Waals surface area contributed by atoms with Crippen molar-refractivity contribution in [1.82, 2.24) is 8.87 Å². The third kappa shape index (κ3) is 5.33. The fourth-order valence-corrected chi connectivity index (χ4v) is 4.72. The Kier molecular flexibility index (Phi) is 6.81. The fraction of sp³-hybridized carbons (Fsp3) is 0.182. The van der Waals surface area contributed by atoms with Gasteiger partial charge in [0.05, 0.1) is 10.5 Å². The van der Waals surface area contributed by atoms with E-state index in [1.807, 2.05) is 36.4 Å². The number of likely N-dealkylation sites (N-methyl/N-ethyl adjacent to an activating group) is 1. The van der Waals surface area contributed by atoms with Crippen LogP contribution in [0.3, 0.4) is 0 Å². The van der Waals surface area contributed by atoms with Gasteiger partial charge in [0, 0.05) is 36.6 Å². The summed E-state index contributed by atoms with van der Waals surface area (Å²) in [6.45, 7) is -0.0325. The van der Waals surface area contributed by atoms with Crippen LogP contribution in [0.2, 0.25) is 5.02 Å². The van der Waals surface area contributed by atoms with E-state index in [1.54, 1.807) is 6.07 Å². The minimum Gasteiger partial charge on any atom is -0.480 e. The highest BCUT2D eigenvalue weighted by Gasteiger charge is 2.23. The molecule has 0 fully saturated rings. The van der Waals surface area contributed by atoms with Gasteiger partial charge in [0.1, 0.15) is 12.6 Å². The number of carbonyl (C=O) groups is 1. The lowest BCUT2D eigenvalue weighted by Gasteiger charge is -2.18. The molecule has 0 amide bonds. The molecule has 3 aromatic rings. The van der Waals surface area contributed by atoms with E-state index in [0.717, 1.165) is 5.56 Å². The molecule has 0 atom stereocenters. The molecule has 0 aliphatic carbocycles. The van der Waals surface area contributed by atoms with Crippen LogP contribution < -0.4 is 0 Å². The third-order valence-electron chi connectivity index (χ3n) is 4.77. The summed E-state index contributed by atoms with van der Waals surface area (Å²) in [6, 6.07) is 15.9. The first-order chi connectivity index (χ1) is 14.7. The molecule has 9 heteroatoms. The number of benzene rings is 2. The Labute approximate surface area is 185 Å². The number of aliphatic carboxylic acids is 1. The van der Waals surface area contributed by atoms with E-state index < -0.39 is 16.0 Å². The zero-order valence-electron chi connectivity index (χ0n) is 16.7. The van der Waals surface area contributed by atoms with E-state index in [2.05, 4.69) is 0 Å². The van der Waals surface area contributed by atoms with Gasteiger partial charge in [0.25, 0.3) is 0 Å². The van der Waals surface area contributed by atoms with Gasteiger partial charge in [-0.25, -0.2) is 12.7 Å². The Balaban J connectivity index is 1.92. The summed E-state index contributed by atoms with van der Waals surface area (Å²) in [5.74, 6) is -1.06. The summed E-state index contributed by atoms with van der Waals surface area (Å²) in [4.78, 5) is 11.0. The number of hydrogen-bond acceptors (Lipinski definition) is 4. The number of halogens is 1. The monoisotopic (exact) mass is 457 g/mol. The first-order valence-corrected chi connectivity index (χ1v) is 11.2. The van der Waals surface area contributed by atoms with E-state index in [1.165, 1.54) is 40.4 Å². The van der Waals surface area contributed by atoms with Crippen LogP contribution in [0.15, 0.2) is 65.8 Å². The van der Waals surface area contributed by atoms with Gasteiger partial charge < -0.3 is 9.67 Å². The fourth-order valence-electron chi connectivity index (χ4n) is 3.17. The minimum absolute atomic E-state index is 0.000404. The molecule has 3 rings (SSSR count). The lowest BCUT2D eigenvalue weighted by molar-refractivity contribution is -0.137.